The maximum Gasteiger partial charge on any atom is 0.213 e. The summed E-state index contributed by atoms with van der Waals surface area (Å²) >= 11 is 0. The van der Waals surface area contributed by atoms with Crippen molar-refractivity contribution in [1.82, 2.24) is 4.98 Å². The van der Waals surface area contributed by atoms with Crippen LogP contribution in [0.1, 0.15) is 19.4 Å². The summed E-state index contributed by atoms with van der Waals surface area (Å²) in [5, 5.41) is 11.4. The Labute approximate surface area is 106 Å². The Bertz CT molecular complexity index is 377. The van der Waals surface area contributed by atoms with E-state index in [9.17, 15) is 0 Å². The molecule has 0 spiro atoms. The van der Waals surface area contributed by atoms with E-state index in [0.29, 0.717) is 30.6 Å². The maximum absolute atomic E-state index is 8.49. The molecular weight excluding hydrogens is 234 g/mol. The molecule has 1 aromatic heterocycles. The number of nitrogens with two attached hydrogens (primary N) is 1. The first kappa shape index (κ1) is 14.2. The summed E-state index contributed by atoms with van der Waals surface area (Å²) in [6.45, 7) is 5.88. The SMILES string of the molecule is CC(C)COCCOc1ccc(/C(N)=N/O)cn1. The van der Waals surface area contributed by atoms with E-state index in [1.807, 2.05) is 0 Å². The lowest BCUT2D eigenvalue weighted by Crippen LogP contribution is -2.14. The van der Waals surface area contributed by atoms with Crippen LogP contribution in [0.25, 0.3) is 0 Å². The average molecular weight is 253 g/mol. The van der Waals surface area contributed by atoms with Gasteiger partial charge in [-0.15, -0.1) is 0 Å². The fraction of sp³-hybridized carbons (Fsp3) is 0.500. The van der Waals surface area contributed by atoms with Crippen LogP contribution >= 0.6 is 0 Å². The fourth-order valence-corrected chi connectivity index (χ4v) is 1.20. The van der Waals surface area contributed by atoms with E-state index in [1.54, 1.807) is 12.1 Å². The molecule has 6 nitrogen and oxygen atoms in total. The number of amidine groups is 1. The van der Waals surface area contributed by atoms with Gasteiger partial charge in [0, 0.05) is 24.4 Å². The average Bonchev–Trinajstić information content (AvgIpc) is 2.38. The third-order valence-electron chi connectivity index (χ3n) is 2.07. The number of hydrogen-bond acceptors (Lipinski definition) is 5. The number of hydrogen-bond donors (Lipinski definition) is 2. The minimum Gasteiger partial charge on any atom is -0.475 e. The number of oxime groups is 1. The molecule has 1 heterocycles. The third-order valence-corrected chi connectivity index (χ3v) is 2.07. The predicted molar refractivity (Wildman–Crippen MR) is 67.9 cm³/mol. The summed E-state index contributed by atoms with van der Waals surface area (Å²) in [5.41, 5.74) is 5.95. The highest BCUT2D eigenvalue weighted by atomic mass is 16.5. The van der Waals surface area contributed by atoms with Crippen LogP contribution in [-0.4, -0.2) is 35.8 Å². The second-order valence-corrected chi connectivity index (χ2v) is 4.19. The molecule has 0 unspecified atom stereocenters. The molecule has 0 aromatic carbocycles. The largest absolute Gasteiger partial charge is 0.475 e. The smallest absolute Gasteiger partial charge is 0.213 e. The minimum absolute atomic E-state index is 0.0225. The third kappa shape index (κ3) is 5.01. The number of pyridine rings is 1. The van der Waals surface area contributed by atoms with Gasteiger partial charge in [0.2, 0.25) is 5.88 Å². The number of aromatic nitrogens is 1. The van der Waals surface area contributed by atoms with Crippen LogP contribution < -0.4 is 10.5 Å². The molecule has 0 radical (unpaired) electrons. The molecule has 0 saturated carbocycles. The molecule has 0 aliphatic heterocycles. The first-order valence-corrected chi connectivity index (χ1v) is 5.78. The summed E-state index contributed by atoms with van der Waals surface area (Å²) in [5.74, 6) is 1.02. The monoisotopic (exact) mass is 253 g/mol. The number of rotatable bonds is 7. The molecule has 6 heteroatoms. The van der Waals surface area contributed by atoms with Crippen molar-refractivity contribution in [3.05, 3.63) is 23.9 Å². The molecule has 0 aliphatic rings. The number of nitrogens with zero attached hydrogens (tertiary/aromatic N) is 2. The summed E-state index contributed by atoms with van der Waals surface area (Å²) in [4.78, 5) is 4.03. The lowest BCUT2D eigenvalue weighted by molar-refractivity contribution is 0.0806. The van der Waals surface area contributed by atoms with Crippen molar-refractivity contribution in [2.75, 3.05) is 19.8 Å². The Hall–Kier alpha value is -1.82. The maximum atomic E-state index is 8.49. The van der Waals surface area contributed by atoms with Crippen molar-refractivity contribution in [1.29, 1.82) is 0 Å². The summed E-state index contributed by atoms with van der Waals surface area (Å²) < 4.78 is 10.7. The van der Waals surface area contributed by atoms with E-state index in [2.05, 4.69) is 24.0 Å². The summed E-state index contributed by atoms with van der Waals surface area (Å²) in [7, 11) is 0. The van der Waals surface area contributed by atoms with Crippen molar-refractivity contribution < 1.29 is 14.7 Å². The Morgan fingerprint density at radius 3 is 2.78 bits per heavy atom. The molecule has 0 bridgehead atoms. The molecule has 0 atom stereocenters. The van der Waals surface area contributed by atoms with E-state index in [1.165, 1.54) is 6.20 Å². The molecule has 1 aromatic rings. The van der Waals surface area contributed by atoms with Gasteiger partial charge in [-0.1, -0.05) is 19.0 Å². The molecule has 0 saturated heterocycles. The van der Waals surface area contributed by atoms with E-state index < -0.39 is 0 Å². The van der Waals surface area contributed by atoms with E-state index in [4.69, 9.17) is 20.4 Å². The lowest BCUT2D eigenvalue weighted by atomic mass is 10.2. The molecule has 0 fully saturated rings. The van der Waals surface area contributed by atoms with Gasteiger partial charge in [-0.3, -0.25) is 0 Å². The van der Waals surface area contributed by atoms with Gasteiger partial charge in [0.1, 0.15) is 6.61 Å². The summed E-state index contributed by atoms with van der Waals surface area (Å²) in [6.07, 6.45) is 1.49. The minimum atomic E-state index is 0.0225. The Morgan fingerprint density at radius 2 is 2.22 bits per heavy atom. The number of ether oxygens (including phenoxy) is 2. The van der Waals surface area contributed by atoms with Crippen molar-refractivity contribution in [2.45, 2.75) is 13.8 Å². The Kier molecular flexibility index (Phi) is 5.93. The van der Waals surface area contributed by atoms with Gasteiger partial charge < -0.3 is 20.4 Å². The predicted octanol–water partition coefficient (Wildman–Crippen LogP) is 1.23. The molecule has 1 rings (SSSR count). The lowest BCUT2D eigenvalue weighted by Gasteiger charge is -2.08. The first-order chi connectivity index (χ1) is 8.63. The van der Waals surface area contributed by atoms with Gasteiger partial charge in [-0.25, -0.2) is 4.98 Å². The zero-order chi connectivity index (χ0) is 13.4. The van der Waals surface area contributed by atoms with E-state index in [0.717, 1.165) is 6.61 Å². The van der Waals surface area contributed by atoms with Crippen molar-refractivity contribution >= 4 is 5.84 Å². The van der Waals surface area contributed by atoms with Crippen LogP contribution in [0.5, 0.6) is 5.88 Å². The quantitative estimate of drug-likeness (QED) is 0.251. The van der Waals surface area contributed by atoms with Crippen LogP contribution in [0.3, 0.4) is 0 Å². The molecule has 3 N–H and O–H groups in total. The van der Waals surface area contributed by atoms with Crippen LogP contribution in [0.2, 0.25) is 0 Å². The van der Waals surface area contributed by atoms with Gasteiger partial charge in [-0.05, 0) is 12.0 Å². The van der Waals surface area contributed by atoms with Gasteiger partial charge in [0.05, 0.1) is 6.61 Å². The zero-order valence-electron chi connectivity index (χ0n) is 10.7. The van der Waals surface area contributed by atoms with Gasteiger partial charge >= 0.3 is 0 Å². The van der Waals surface area contributed by atoms with E-state index in [-0.39, 0.29) is 5.84 Å². The topological polar surface area (TPSA) is 90.0 Å². The molecule has 0 amide bonds. The zero-order valence-corrected chi connectivity index (χ0v) is 10.7. The molecule has 18 heavy (non-hydrogen) atoms. The van der Waals surface area contributed by atoms with Crippen molar-refractivity contribution in [3.8, 4) is 5.88 Å². The van der Waals surface area contributed by atoms with Crippen LogP contribution in [0.4, 0.5) is 0 Å². The molecular formula is C12H19N3O3. The standard InChI is InChI=1S/C12H19N3O3/c1-9(2)8-17-5-6-18-11-4-3-10(7-14-11)12(13)15-16/h3-4,7,9,16H,5-6,8H2,1-2H3,(H2,13,15). The normalized spacial score (nSPS) is 11.8. The first-order valence-electron chi connectivity index (χ1n) is 5.78. The van der Waals surface area contributed by atoms with Crippen molar-refractivity contribution in [2.24, 2.45) is 16.8 Å². The molecule has 100 valence electrons. The van der Waals surface area contributed by atoms with E-state index >= 15 is 0 Å². The van der Waals surface area contributed by atoms with Gasteiger partial charge in [0.15, 0.2) is 5.84 Å². The molecule has 0 aliphatic carbocycles. The highest BCUT2D eigenvalue weighted by molar-refractivity contribution is 5.96. The van der Waals surface area contributed by atoms with Crippen LogP contribution in [0.15, 0.2) is 23.5 Å². The van der Waals surface area contributed by atoms with Crippen molar-refractivity contribution in [3.63, 3.8) is 0 Å². The van der Waals surface area contributed by atoms with Gasteiger partial charge in [0.25, 0.3) is 0 Å². The Balaban J connectivity index is 2.31. The summed E-state index contributed by atoms with van der Waals surface area (Å²) in [6, 6.07) is 3.34. The Morgan fingerprint density at radius 1 is 1.44 bits per heavy atom. The highest BCUT2D eigenvalue weighted by Crippen LogP contribution is 2.07. The second kappa shape index (κ2) is 7.50. The van der Waals surface area contributed by atoms with Crippen LogP contribution in [-0.2, 0) is 4.74 Å². The fourth-order valence-electron chi connectivity index (χ4n) is 1.20. The second-order valence-electron chi connectivity index (χ2n) is 4.19. The van der Waals surface area contributed by atoms with Gasteiger partial charge in [-0.2, -0.15) is 0 Å². The highest BCUT2D eigenvalue weighted by Gasteiger charge is 2.01. The van der Waals surface area contributed by atoms with Crippen LogP contribution in [0, 0.1) is 5.92 Å².